The van der Waals surface area contributed by atoms with Crippen molar-refractivity contribution in [2.45, 2.75) is 20.3 Å². The van der Waals surface area contributed by atoms with Crippen LogP contribution in [0.15, 0.2) is 40.8 Å². The zero-order valence-corrected chi connectivity index (χ0v) is 14.5. The van der Waals surface area contributed by atoms with Crippen LogP contribution in [0.3, 0.4) is 0 Å². The highest BCUT2D eigenvalue weighted by Gasteiger charge is 2.19. The van der Waals surface area contributed by atoms with Gasteiger partial charge in [0.1, 0.15) is 11.3 Å². The Morgan fingerprint density at radius 1 is 1.25 bits per heavy atom. The number of benzene rings is 2. The van der Waals surface area contributed by atoms with Crippen molar-refractivity contribution >= 4 is 34.2 Å². The second-order valence-electron chi connectivity index (χ2n) is 5.54. The molecular weight excluding hydrogens is 326 g/mol. The van der Waals surface area contributed by atoms with E-state index in [1.807, 2.05) is 19.1 Å². The Morgan fingerprint density at radius 2 is 2.04 bits per heavy atom. The maximum absolute atomic E-state index is 12.6. The number of rotatable bonds is 4. The first-order chi connectivity index (χ1) is 11.5. The number of anilines is 1. The van der Waals surface area contributed by atoms with Crippen LogP contribution < -0.4 is 10.1 Å². The minimum atomic E-state index is -0.331. The van der Waals surface area contributed by atoms with E-state index in [9.17, 15) is 4.79 Å². The van der Waals surface area contributed by atoms with E-state index in [0.717, 1.165) is 17.4 Å². The number of carbonyl (C=O) groups is 1. The van der Waals surface area contributed by atoms with Crippen molar-refractivity contribution < 1.29 is 13.9 Å². The lowest BCUT2D eigenvalue weighted by atomic mass is 10.1. The van der Waals surface area contributed by atoms with E-state index in [-0.39, 0.29) is 5.91 Å². The molecule has 0 aliphatic heterocycles. The molecule has 1 heterocycles. The molecule has 0 aliphatic rings. The second kappa shape index (κ2) is 6.57. The summed E-state index contributed by atoms with van der Waals surface area (Å²) in [6.07, 6.45) is 0.932. The van der Waals surface area contributed by atoms with Crippen molar-refractivity contribution in [1.82, 2.24) is 0 Å². The SMILES string of the molecule is CCc1ccc2oc(C(=O)Nc3cc(Cl)ccc3OC)c(C)c2c1. The number of amides is 1. The molecule has 0 radical (unpaired) electrons. The largest absolute Gasteiger partial charge is 0.495 e. The van der Waals surface area contributed by atoms with Crippen molar-refractivity contribution in [3.63, 3.8) is 0 Å². The standard InChI is InChI=1S/C19H18ClNO3/c1-4-12-5-7-16-14(9-12)11(2)18(24-16)19(22)21-15-10-13(20)6-8-17(15)23-3/h5-10H,4H2,1-3H3,(H,21,22). The Hall–Kier alpha value is -2.46. The fraction of sp³-hybridized carbons (Fsp3) is 0.211. The molecule has 4 nitrogen and oxygen atoms in total. The van der Waals surface area contributed by atoms with Crippen LogP contribution in [0.25, 0.3) is 11.0 Å². The lowest BCUT2D eigenvalue weighted by molar-refractivity contribution is 0.0997. The molecule has 0 aliphatic carbocycles. The predicted octanol–water partition coefficient (Wildman–Crippen LogP) is 5.22. The number of carbonyl (C=O) groups excluding carboxylic acids is 1. The van der Waals surface area contributed by atoms with Gasteiger partial charge in [0.05, 0.1) is 12.8 Å². The third kappa shape index (κ3) is 2.97. The van der Waals surface area contributed by atoms with Gasteiger partial charge in [-0.1, -0.05) is 24.6 Å². The molecule has 5 heteroatoms. The van der Waals surface area contributed by atoms with Gasteiger partial charge in [0.2, 0.25) is 0 Å². The van der Waals surface area contributed by atoms with Crippen LogP contribution in [-0.4, -0.2) is 13.0 Å². The Bertz CT molecular complexity index is 914. The van der Waals surface area contributed by atoms with Gasteiger partial charge >= 0.3 is 0 Å². The fourth-order valence-corrected chi connectivity index (χ4v) is 2.83. The highest BCUT2D eigenvalue weighted by molar-refractivity contribution is 6.31. The summed E-state index contributed by atoms with van der Waals surface area (Å²) in [7, 11) is 1.54. The van der Waals surface area contributed by atoms with E-state index in [4.69, 9.17) is 20.8 Å². The molecule has 2 aromatic carbocycles. The molecule has 3 aromatic rings. The van der Waals surface area contributed by atoms with Crippen molar-refractivity contribution in [2.75, 3.05) is 12.4 Å². The molecule has 24 heavy (non-hydrogen) atoms. The van der Waals surface area contributed by atoms with Crippen LogP contribution in [0.4, 0.5) is 5.69 Å². The van der Waals surface area contributed by atoms with E-state index in [0.29, 0.717) is 27.8 Å². The van der Waals surface area contributed by atoms with Crippen molar-refractivity contribution in [2.24, 2.45) is 0 Å². The van der Waals surface area contributed by atoms with Gasteiger partial charge in [-0.15, -0.1) is 0 Å². The summed E-state index contributed by atoms with van der Waals surface area (Å²) >= 11 is 6.00. The zero-order chi connectivity index (χ0) is 17.3. The molecular formula is C19H18ClNO3. The highest BCUT2D eigenvalue weighted by Crippen LogP contribution is 2.30. The Morgan fingerprint density at radius 3 is 2.75 bits per heavy atom. The first-order valence-electron chi connectivity index (χ1n) is 7.70. The Balaban J connectivity index is 1.97. The summed E-state index contributed by atoms with van der Waals surface area (Å²) < 4.78 is 11.0. The number of hydrogen-bond donors (Lipinski definition) is 1. The van der Waals surface area contributed by atoms with Gasteiger partial charge in [0.25, 0.3) is 5.91 Å². The van der Waals surface area contributed by atoms with Gasteiger partial charge < -0.3 is 14.5 Å². The second-order valence-corrected chi connectivity index (χ2v) is 5.98. The molecule has 1 amide bonds. The molecule has 1 N–H and O–H groups in total. The van der Waals surface area contributed by atoms with Gasteiger partial charge in [-0.2, -0.15) is 0 Å². The summed E-state index contributed by atoms with van der Waals surface area (Å²) in [6, 6.07) is 11.0. The summed E-state index contributed by atoms with van der Waals surface area (Å²) in [5.74, 6) is 0.498. The monoisotopic (exact) mass is 343 g/mol. The van der Waals surface area contributed by atoms with Crippen molar-refractivity contribution in [3.8, 4) is 5.75 Å². The van der Waals surface area contributed by atoms with E-state index >= 15 is 0 Å². The van der Waals surface area contributed by atoms with E-state index in [1.165, 1.54) is 12.7 Å². The smallest absolute Gasteiger partial charge is 0.291 e. The molecule has 0 atom stereocenters. The van der Waals surface area contributed by atoms with Crippen LogP contribution in [-0.2, 0) is 6.42 Å². The molecule has 0 fully saturated rings. The average Bonchev–Trinajstić information content (AvgIpc) is 2.91. The Kier molecular flexibility index (Phi) is 4.49. The molecule has 0 saturated carbocycles. The first kappa shape index (κ1) is 16.4. The fourth-order valence-electron chi connectivity index (χ4n) is 2.66. The Labute approximate surface area is 145 Å². The number of furan rings is 1. The number of nitrogens with one attached hydrogen (secondary N) is 1. The quantitative estimate of drug-likeness (QED) is 0.706. The topological polar surface area (TPSA) is 51.5 Å². The van der Waals surface area contributed by atoms with Crippen LogP contribution >= 0.6 is 11.6 Å². The lowest BCUT2D eigenvalue weighted by Gasteiger charge is -2.09. The number of aryl methyl sites for hydroxylation is 2. The third-order valence-corrected chi connectivity index (χ3v) is 4.26. The van der Waals surface area contributed by atoms with Crippen LogP contribution in [0.2, 0.25) is 5.02 Å². The molecule has 3 rings (SSSR count). The maximum atomic E-state index is 12.6. The zero-order valence-electron chi connectivity index (χ0n) is 13.8. The summed E-state index contributed by atoms with van der Waals surface area (Å²) in [6.45, 7) is 3.98. The third-order valence-electron chi connectivity index (χ3n) is 4.02. The minimum absolute atomic E-state index is 0.292. The summed E-state index contributed by atoms with van der Waals surface area (Å²) in [4.78, 5) is 12.6. The highest BCUT2D eigenvalue weighted by atomic mass is 35.5. The number of hydrogen-bond acceptors (Lipinski definition) is 3. The summed E-state index contributed by atoms with van der Waals surface area (Å²) in [5.41, 5.74) is 3.23. The van der Waals surface area contributed by atoms with Gasteiger partial charge in [0, 0.05) is 16.0 Å². The summed E-state index contributed by atoms with van der Waals surface area (Å²) in [5, 5.41) is 4.28. The van der Waals surface area contributed by atoms with Crippen molar-refractivity contribution in [3.05, 3.63) is 58.3 Å². The van der Waals surface area contributed by atoms with Crippen LogP contribution in [0.5, 0.6) is 5.75 Å². The number of fused-ring (bicyclic) bond motifs is 1. The lowest BCUT2D eigenvalue weighted by Crippen LogP contribution is -2.12. The average molecular weight is 344 g/mol. The molecule has 0 spiro atoms. The molecule has 0 saturated heterocycles. The number of methoxy groups -OCH3 is 1. The van der Waals surface area contributed by atoms with Gasteiger partial charge in [-0.05, 0) is 49.2 Å². The van der Waals surface area contributed by atoms with Crippen LogP contribution in [0.1, 0.15) is 28.6 Å². The minimum Gasteiger partial charge on any atom is -0.495 e. The maximum Gasteiger partial charge on any atom is 0.291 e. The molecule has 1 aromatic heterocycles. The van der Waals surface area contributed by atoms with E-state index in [2.05, 4.69) is 18.3 Å². The van der Waals surface area contributed by atoms with E-state index in [1.54, 1.807) is 18.2 Å². The number of halogens is 1. The van der Waals surface area contributed by atoms with Crippen LogP contribution in [0, 0.1) is 6.92 Å². The normalized spacial score (nSPS) is 10.8. The number of ether oxygens (including phenoxy) is 1. The van der Waals surface area contributed by atoms with Gasteiger partial charge in [0.15, 0.2) is 5.76 Å². The molecule has 124 valence electrons. The molecule has 0 bridgehead atoms. The molecule has 0 unspecified atom stereocenters. The van der Waals surface area contributed by atoms with Crippen molar-refractivity contribution in [1.29, 1.82) is 0 Å². The van der Waals surface area contributed by atoms with Gasteiger partial charge in [-0.3, -0.25) is 4.79 Å². The van der Waals surface area contributed by atoms with Gasteiger partial charge in [-0.25, -0.2) is 0 Å². The first-order valence-corrected chi connectivity index (χ1v) is 8.08. The van der Waals surface area contributed by atoms with E-state index < -0.39 is 0 Å². The predicted molar refractivity (Wildman–Crippen MR) is 96.3 cm³/mol.